The Morgan fingerprint density at radius 2 is 1.94 bits per heavy atom. The van der Waals surface area contributed by atoms with Crippen molar-refractivity contribution in [3.63, 3.8) is 0 Å². The second-order valence-corrected chi connectivity index (χ2v) is 7.99. The van der Waals surface area contributed by atoms with Crippen LogP contribution in [-0.4, -0.2) is 69.4 Å². The van der Waals surface area contributed by atoms with Crippen LogP contribution in [0.5, 0.6) is 5.75 Å². The lowest BCUT2D eigenvalue weighted by atomic mass is 10.2. The number of nitrogens with zero attached hydrogens (tertiary/aromatic N) is 6. The number of amides is 1. The molecule has 4 aromatic rings. The number of carbonyl (C=O) groups is 1. The molecular weight excluding hydrogens is 418 g/mol. The van der Waals surface area contributed by atoms with Crippen molar-refractivity contribution in [3.05, 3.63) is 72.3 Å². The first kappa shape index (κ1) is 22.2. The van der Waals surface area contributed by atoms with Crippen LogP contribution >= 0.6 is 0 Å². The summed E-state index contributed by atoms with van der Waals surface area (Å²) in [7, 11) is 5.61. The van der Waals surface area contributed by atoms with Crippen molar-refractivity contribution in [3.8, 4) is 17.0 Å². The summed E-state index contributed by atoms with van der Waals surface area (Å²) < 4.78 is 7.16. The van der Waals surface area contributed by atoms with Gasteiger partial charge in [-0.2, -0.15) is 0 Å². The molecule has 1 amide bonds. The fourth-order valence-electron chi connectivity index (χ4n) is 3.51. The number of rotatable bonds is 8. The van der Waals surface area contributed by atoms with Gasteiger partial charge >= 0.3 is 0 Å². The quantitative estimate of drug-likeness (QED) is 0.445. The number of pyridine rings is 1. The molecule has 0 aliphatic carbocycles. The fourth-order valence-corrected chi connectivity index (χ4v) is 3.51. The number of hydrogen-bond donors (Lipinski definition) is 1. The molecule has 0 aliphatic rings. The molecule has 0 spiro atoms. The average molecular weight is 446 g/mol. The van der Waals surface area contributed by atoms with E-state index in [0.29, 0.717) is 30.1 Å². The molecule has 0 bridgehead atoms. The third-order valence-electron chi connectivity index (χ3n) is 5.25. The summed E-state index contributed by atoms with van der Waals surface area (Å²) in [5.41, 5.74) is 9.33. The van der Waals surface area contributed by atoms with Gasteiger partial charge < -0.3 is 24.7 Å². The van der Waals surface area contributed by atoms with E-state index in [4.69, 9.17) is 10.5 Å². The maximum Gasteiger partial charge on any atom is 0.274 e. The molecule has 170 valence electrons. The number of nitrogen functional groups attached to an aromatic ring is 1. The molecule has 0 unspecified atom stereocenters. The summed E-state index contributed by atoms with van der Waals surface area (Å²) in [6.45, 7) is 1.77. The molecule has 0 aliphatic heterocycles. The maximum atomic E-state index is 13.4. The molecule has 4 rings (SSSR count). The van der Waals surface area contributed by atoms with E-state index >= 15 is 0 Å². The van der Waals surface area contributed by atoms with E-state index in [0.717, 1.165) is 23.4 Å². The number of carbonyl (C=O) groups excluding carboxylic acids is 1. The Kier molecular flexibility index (Phi) is 6.50. The zero-order valence-electron chi connectivity index (χ0n) is 19.0. The van der Waals surface area contributed by atoms with E-state index < -0.39 is 0 Å². The number of anilines is 1. The number of benzene rings is 1. The van der Waals surface area contributed by atoms with E-state index in [-0.39, 0.29) is 11.9 Å². The SMILES string of the molecule is COc1cccc(CN(CCN(C)C)C(=O)c2cn3cc(-c4ccnc(N)n4)ccc3n2)c1. The van der Waals surface area contributed by atoms with E-state index in [1.807, 2.05) is 66.0 Å². The predicted molar refractivity (Wildman–Crippen MR) is 127 cm³/mol. The number of likely N-dealkylation sites (N-methyl/N-ethyl adjacent to an activating group) is 1. The topological polar surface area (TPSA) is 102 Å². The summed E-state index contributed by atoms with van der Waals surface area (Å²) in [6.07, 6.45) is 5.25. The largest absolute Gasteiger partial charge is 0.497 e. The molecule has 1 aromatic carbocycles. The highest BCUT2D eigenvalue weighted by atomic mass is 16.5. The van der Waals surface area contributed by atoms with E-state index in [9.17, 15) is 4.79 Å². The van der Waals surface area contributed by atoms with Crippen LogP contribution in [0.4, 0.5) is 5.95 Å². The van der Waals surface area contributed by atoms with Crippen LogP contribution in [0.25, 0.3) is 16.9 Å². The first-order valence-electron chi connectivity index (χ1n) is 10.6. The van der Waals surface area contributed by atoms with Gasteiger partial charge in [-0.3, -0.25) is 4.79 Å². The second kappa shape index (κ2) is 9.66. The van der Waals surface area contributed by atoms with Gasteiger partial charge in [0, 0.05) is 43.8 Å². The normalized spacial score (nSPS) is 11.2. The standard InChI is InChI=1S/C24H27N7O2/c1-29(2)11-12-30(14-17-5-4-6-19(13-17)33-3)23(32)21-16-31-15-18(7-8-22(31)27-21)20-9-10-26-24(25)28-20/h4-10,13,15-16H,11-12,14H2,1-3H3,(H2,25,26,28). The van der Waals surface area contributed by atoms with Gasteiger partial charge in [-0.05, 0) is 50.0 Å². The number of aromatic nitrogens is 4. The summed E-state index contributed by atoms with van der Waals surface area (Å²) in [4.78, 5) is 30.1. The Balaban J connectivity index is 1.62. The van der Waals surface area contributed by atoms with E-state index in [2.05, 4.69) is 19.9 Å². The summed E-state index contributed by atoms with van der Waals surface area (Å²) in [5, 5.41) is 0. The zero-order valence-corrected chi connectivity index (χ0v) is 19.0. The van der Waals surface area contributed by atoms with E-state index in [1.165, 1.54) is 0 Å². The first-order chi connectivity index (χ1) is 15.9. The van der Waals surface area contributed by atoms with Crippen LogP contribution in [0.1, 0.15) is 16.1 Å². The molecule has 9 nitrogen and oxygen atoms in total. The fraction of sp³-hybridized carbons (Fsp3) is 0.250. The molecule has 0 fully saturated rings. The Labute approximate surface area is 192 Å². The Morgan fingerprint density at radius 3 is 2.70 bits per heavy atom. The minimum Gasteiger partial charge on any atom is -0.497 e. The molecule has 33 heavy (non-hydrogen) atoms. The van der Waals surface area contributed by atoms with Gasteiger partial charge in [0.15, 0.2) is 0 Å². The van der Waals surface area contributed by atoms with Crippen LogP contribution in [0.15, 0.2) is 61.1 Å². The second-order valence-electron chi connectivity index (χ2n) is 7.99. The highest BCUT2D eigenvalue weighted by Gasteiger charge is 2.20. The minimum atomic E-state index is -0.129. The van der Waals surface area contributed by atoms with Crippen LogP contribution in [-0.2, 0) is 6.54 Å². The monoisotopic (exact) mass is 445 g/mol. The summed E-state index contributed by atoms with van der Waals surface area (Å²) in [6, 6.07) is 13.3. The van der Waals surface area contributed by atoms with Gasteiger partial charge in [0.2, 0.25) is 5.95 Å². The number of methoxy groups -OCH3 is 1. The van der Waals surface area contributed by atoms with Gasteiger partial charge in [-0.15, -0.1) is 0 Å². The summed E-state index contributed by atoms with van der Waals surface area (Å²) in [5.74, 6) is 0.845. The smallest absolute Gasteiger partial charge is 0.274 e. The highest BCUT2D eigenvalue weighted by molar-refractivity contribution is 5.93. The van der Waals surface area contributed by atoms with E-state index in [1.54, 1.807) is 25.6 Å². The van der Waals surface area contributed by atoms with Crippen molar-refractivity contribution in [2.24, 2.45) is 0 Å². The first-order valence-corrected chi connectivity index (χ1v) is 10.6. The van der Waals surface area contributed by atoms with Crippen LogP contribution < -0.4 is 10.5 Å². The van der Waals surface area contributed by atoms with Gasteiger partial charge in [-0.1, -0.05) is 12.1 Å². The molecular formula is C24H27N7O2. The molecule has 3 aromatic heterocycles. The van der Waals surface area contributed by atoms with Crippen molar-refractivity contribution in [1.82, 2.24) is 29.2 Å². The third kappa shape index (κ3) is 5.27. The predicted octanol–water partition coefficient (Wildman–Crippen LogP) is 2.59. The molecule has 0 saturated carbocycles. The highest BCUT2D eigenvalue weighted by Crippen LogP contribution is 2.20. The average Bonchev–Trinajstić information content (AvgIpc) is 3.25. The third-order valence-corrected chi connectivity index (χ3v) is 5.25. The Morgan fingerprint density at radius 1 is 1.09 bits per heavy atom. The van der Waals surface area contributed by atoms with Crippen LogP contribution in [0, 0.1) is 0 Å². The number of fused-ring (bicyclic) bond motifs is 1. The van der Waals surface area contributed by atoms with Crippen molar-refractivity contribution < 1.29 is 9.53 Å². The number of hydrogen-bond acceptors (Lipinski definition) is 7. The van der Waals surface area contributed by atoms with Crippen molar-refractivity contribution >= 4 is 17.5 Å². The maximum absolute atomic E-state index is 13.4. The molecule has 0 saturated heterocycles. The number of ether oxygens (including phenoxy) is 1. The zero-order chi connectivity index (χ0) is 23.4. The number of imidazole rings is 1. The molecule has 3 heterocycles. The minimum absolute atomic E-state index is 0.129. The van der Waals surface area contributed by atoms with Crippen molar-refractivity contribution in [2.75, 3.05) is 40.0 Å². The lowest BCUT2D eigenvalue weighted by molar-refractivity contribution is 0.0726. The van der Waals surface area contributed by atoms with Gasteiger partial charge in [-0.25, -0.2) is 15.0 Å². The van der Waals surface area contributed by atoms with Gasteiger partial charge in [0.25, 0.3) is 5.91 Å². The molecule has 0 atom stereocenters. The Hall–Kier alpha value is -3.98. The lowest BCUT2D eigenvalue weighted by Crippen LogP contribution is -2.36. The number of nitrogens with two attached hydrogens (primary N) is 1. The molecule has 0 radical (unpaired) electrons. The summed E-state index contributed by atoms with van der Waals surface area (Å²) >= 11 is 0. The van der Waals surface area contributed by atoms with Crippen LogP contribution in [0.2, 0.25) is 0 Å². The van der Waals surface area contributed by atoms with Crippen molar-refractivity contribution in [1.29, 1.82) is 0 Å². The molecule has 9 heteroatoms. The van der Waals surface area contributed by atoms with Crippen LogP contribution in [0.3, 0.4) is 0 Å². The lowest BCUT2D eigenvalue weighted by Gasteiger charge is -2.24. The molecule has 2 N–H and O–H groups in total. The Bertz CT molecular complexity index is 1270. The van der Waals surface area contributed by atoms with Crippen molar-refractivity contribution in [2.45, 2.75) is 6.54 Å². The van der Waals surface area contributed by atoms with Gasteiger partial charge in [0.1, 0.15) is 17.1 Å². The van der Waals surface area contributed by atoms with Gasteiger partial charge in [0.05, 0.1) is 12.8 Å².